The highest BCUT2D eigenvalue weighted by atomic mass is 16.2. The van der Waals surface area contributed by atoms with Gasteiger partial charge in [0.25, 0.3) is 11.8 Å². The number of amides is 2. The van der Waals surface area contributed by atoms with E-state index in [-0.39, 0.29) is 11.8 Å². The lowest BCUT2D eigenvalue weighted by atomic mass is 10.1. The second-order valence-electron chi connectivity index (χ2n) is 6.23. The van der Waals surface area contributed by atoms with Gasteiger partial charge in [-0.3, -0.25) is 9.59 Å². The normalized spacial score (nSPS) is 13.2. The Labute approximate surface area is 141 Å². The van der Waals surface area contributed by atoms with Gasteiger partial charge in [-0.05, 0) is 49.2 Å². The van der Waals surface area contributed by atoms with Crippen LogP contribution in [0.15, 0.2) is 48.5 Å². The number of nitrogens with zero attached hydrogens (tertiary/aromatic N) is 1. The molecule has 124 valence electrons. The first kappa shape index (κ1) is 16.1. The number of hydrogen-bond acceptors (Lipinski definition) is 3. The molecule has 1 saturated carbocycles. The molecule has 0 heterocycles. The average molecular weight is 323 g/mol. The van der Waals surface area contributed by atoms with Crippen molar-refractivity contribution < 1.29 is 9.59 Å². The van der Waals surface area contributed by atoms with E-state index in [1.807, 2.05) is 37.2 Å². The molecule has 0 saturated heterocycles. The molecular formula is C19H21N3O2. The van der Waals surface area contributed by atoms with Gasteiger partial charge in [-0.1, -0.05) is 12.1 Å². The van der Waals surface area contributed by atoms with E-state index in [0.29, 0.717) is 22.9 Å². The minimum absolute atomic E-state index is 0.0943. The third kappa shape index (κ3) is 3.93. The second kappa shape index (κ2) is 6.74. The maximum absolute atomic E-state index is 12.4. The number of anilines is 2. The van der Waals surface area contributed by atoms with Crippen molar-refractivity contribution in [2.45, 2.75) is 18.9 Å². The zero-order valence-corrected chi connectivity index (χ0v) is 13.9. The molecule has 0 radical (unpaired) electrons. The zero-order chi connectivity index (χ0) is 17.1. The molecule has 1 aliphatic rings. The van der Waals surface area contributed by atoms with Gasteiger partial charge >= 0.3 is 0 Å². The van der Waals surface area contributed by atoms with Crippen molar-refractivity contribution in [3.05, 3.63) is 59.7 Å². The molecule has 1 fully saturated rings. The summed E-state index contributed by atoms with van der Waals surface area (Å²) in [5.41, 5.74) is 2.70. The van der Waals surface area contributed by atoms with E-state index >= 15 is 0 Å². The first-order valence-electron chi connectivity index (χ1n) is 8.02. The summed E-state index contributed by atoms with van der Waals surface area (Å²) in [6.07, 6.45) is 2.09. The molecule has 2 aromatic rings. The quantitative estimate of drug-likeness (QED) is 0.889. The predicted molar refractivity (Wildman–Crippen MR) is 95.7 cm³/mol. The summed E-state index contributed by atoms with van der Waals surface area (Å²) >= 11 is 0. The summed E-state index contributed by atoms with van der Waals surface area (Å²) in [4.78, 5) is 26.5. The van der Waals surface area contributed by atoms with Gasteiger partial charge in [-0.2, -0.15) is 0 Å². The summed E-state index contributed by atoms with van der Waals surface area (Å²) in [6.45, 7) is 0. The average Bonchev–Trinajstić information content (AvgIpc) is 3.39. The van der Waals surface area contributed by atoms with Crippen LogP contribution in [0.4, 0.5) is 11.4 Å². The van der Waals surface area contributed by atoms with Crippen LogP contribution in [-0.2, 0) is 0 Å². The van der Waals surface area contributed by atoms with Gasteiger partial charge in [0.05, 0.1) is 0 Å². The lowest BCUT2D eigenvalue weighted by molar-refractivity contribution is 0.0949. The third-order valence-corrected chi connectivity index (χ3v) is 3.92. The first-order valence-corrected chi connectivity index (χ1v) is 8.02. The first-order chi connectivity index (χ1) is 11.5. The highest BCUT2D eigenvalue weighted by molar-refractivity contribution is 6.05. The van der Waals surface area contributed by atoms with Gasteiger partial charge < -0.3 is 15.5 Å². The number of rotatable bonds is 5. The molecular weight excluding hydrogens is 302 g/mol. The smallest absolute Gasteiger partial charge is 0.255 e. The molecule has 1 aliphatic carbocycles. The summed E-state index contributed by atoms with van der Waals surface area (Å²) in [5, 5.41) is 5.80. The van der Waals surface area contributed by atoms with Crippen LogP contribution in [-0.4, -0.2) is 32.0 Å². The molecule has 0 spiro atoms. The van der Waals surface area contributed by atoms with Crippen molar-refractivity contribution in [3.63, 3.8) is 0 Å². The SMILES string of the molecule is CN(C)c1cccc(C(=O)Nc2cccc(C(=O)NC3CC3)c2)c1. The number of carbonyl (C=O) groups is 2. The molecule has 2 amide bonds. The van der Waals surface area contributed by atoms with Crippen molar-refractivity contribution in [3.8, 4) is 0 Å². The van der Waals surface area contributed by atoms with Crippen LogP contribution < -0.4 is 15.5 Å². The Bertz CT molecular complexity index is 767. The van der Waals surface area contributed by atoms with Crippen LogP contribution in [0.1, 0.15) is 33.6 Å². The molecule has 2 aromatic carbocycles. The number of nitrogens with one attached hydrogen (secondary N) is 2. The number of carbonyl (C=O) groups excluding carboxylic acids is 2. The maximum atomic E-state index is 12.4. The van der Waals surface area contributed by atoms with Crippen LogP contribution in [0.3, 0.4) is 0 Å². The van der Waals surface area contributed by atoms with Crippen LogP contribution >= 0.6 is 0 Å². The molecule has 0 aromatic heterocycles. The van der Waals surface area contributed by atoms with Crippen molar-refractivity contribution in [2.24, 2.45) is 0 Å². The monoisotopic (exact) mass is 323 g/mol. The fraction of sp³-hybridized carbons (Fsp3) is 0.263. The molecule has 0 bridgehead atoms. The van der Waals surface area contributed by atoms with Gasteiger partial charge in [0.15, 0.2) is 0 Å². The number of benzene rings is 2. The summed E-state index contributed by atoms with van der Waals surface area (Å²) in [7, 11) is 3.86. The van der Waals surface area contributed by atoms with Gasteiger partial charge in [0.2, 0.25) is 0 Å². The highest BCUT2D eigenvalue weighted by Gasteiger charge is 2.23. The van der Waals surface area contributed by atoms with Crippen molar-refractivity contribution in [1.82, 2.24) is 5.32 Å². The molecule has 24 heavy (non-hydrogen) atoms. The number of hydrogen-bond donors (Lipinski definition) is 2. The summed E-state index contributed by atoms with van der Waals surface area (Å²) in [6, 6.07) is 14.7. The Balaban J connectivity index is 1.72. The van der Waals surface area contributed by atoms with E-state index < -0.39 is 0 Å². The standard InChI is InChI=1S/C19H21N3O2/c1-22(2)17-8-4-6-14(12-17)19(24)21-16-7-3-5-13(11-16)18(23)20-15-9-10-15/h3-8,11-12,15H,9-10H2,1-2H3,(H,20,23)(H,21,24). The maximum Gasteiger partial charge on any atom is 0.255 e. The van der Waals surface area contributed by atoms with E-state index in [9.17, 15) is 9.59 Å². The van der Waals surface area contributed by atoms with Crippen molar-refractivity contribution in [2.75, 3.05) is 24.3 Å². The highest BCUT2D eigenvalue weighted by Crippen LogP contribution is 2.20. The Kier molecular flexibility index (Phi) is 4.51. The van der Waals surface area contributed by atoms with Gasteiger partial charge in [-0.25, -0.2) is 0 Å². The van der Waals surface area contributed by atoms with Crippen LogP contribution in [0.25, 0.3) is 0 Å². The predicted octanol–water partition coefficient (Wildman–Crippen LogP) is 2.90. The van der Waals surface area contributed by atoms with E-state index in [0.717, 1.165) is 18.5 Å². The fourth-order valence-electron chi connectivity index (χ4n) is 2.36. The van der Waals surface area contributed by atoms with E-state index in [1.54, 1.807) is 30.3 Å². The minimum atomic E-state index is -0.196. The third-order valence-electron chi connectivity index (χ3n) is 3.92. The fourth-order valence-corrected chi connectivity index (χ4v) is 2.36. The Morgan fingerprint density at radius 1 is 0.958 bits per heavy atom. The van der Waals surface area contributed by atoms with Crippen LogP contribution in [0.2, 0.25) is 0 Å². The van der Waals surface area contributed by atoms with Crippen LogP contribution in [0, 0.1) is 0 Å². The Hall–Kier alpha value is -2.82. The molecule has 5 nitrogen and oxygen atoms in total. The van der Waals surface area contributed by atoms with Gasteiger partial charge in [0.1, 0.15) is 0 Å². The Morgan fingerprint density at radius 3 is 2.29 bits per heavy atom. The molecule has 0 aliphatic heterocycles. The molecule has 5 heteroatoms. The van der Waals surface area contributed by atoms with Gasteiger partial charge in [0, 0.05) is 42.6 Å². The molecule has 0 unspecified atom stereocenters. The zero-order valence-electron chi connectivity index (χ0n) is 13.9. The topological polar surface area (TPSA) is 61.4 Å². The lowest BCUT2D eigenvalue weighted by Crippen LogP contribution is -2.25. The largest absolute Gasteiger partial charge is 0.378 e. The lowest BCUT2D eigenvalue weighted by Gasteiger charge is -2.13. The Morgan fingerprint density at radius 2 is 1.62 bits per heavy atom. The molecule has 2 N–H and O–H groups in total. The molecule has 3 rings (SSSR count). The minimum Gasteiger partial charge on any atom is -0.378 e. The second-order valence-corrected chi connectivity index (χ2v) is 6.23. The van der Waals surface area contributed by atoms with Gasteiger partial charge in [-0.15, -0.1) is 0 Å². The van der Waals surface area contributed by atoms with Crippen LogP contribution in [0.5, 0.6) is 0 Å². The van der Waals surface area contributed by atoms with E-state index in [2.05, 4.69) is 10.6 Å². The van der Waals surface area contributed by atoms with Crippen molar-refractivity contribution in [1.29, 1.82) is 0 Å². The van der Waals surface area contributed by atoms with E-state index in [1.165, 1.54) is 0 Å². The summed E-state index contributed by atoms with van der Waals surface area (Å²) < 4.78 is 0. The molecule has 0 atom stereocenters. The van der Waals surface area contributed by atoms with E-state index in [4.69, 9.17) is 0 Å². The summed E-state index contributed by atoms with van der Waals surface area (Å²) in [5.74, 6) is -0.290. The van der Waals surface area contributed by atoms with Crippen molar-refractivity contribution >= 4 is 23.2 Å².